The molecule has 0 saturated carbocycles. The van der Waals surface area contributed by atoms with Crippen LogP contribution >= 0.6 is 0 Å². The topological polar surface area (TPSA) is 77.8 Å². The summed E-state index contributed by atoms with van der Waals surface area (Å²) in [4.78, 5) is 12.9. The smallest absolute Gasteiger partial charge is 0.323 e. The van der Waals surface area contributed by atoms with Crippen LogP contribution < -0.4 is 10.1 Å². The van der Waals surface area contributed by atoms with Gasteiger partial charge in [0, 0.05) is 12.7 Å². The number of aromatic nitrogens is 5. The van der Waals surface area contributed by atoms with Gasteiger partial charge in [-0.2, -0.15) is 20.1 Å². The zero-order chi connectivity index (χ0) is 15.2. The average molecular weight is 290 g/mol. The lowest BCUT2D eigenvalue weighted by molar-refractivity contribution is 0.291. The summed E-state index contributed by atoms with van der Waals surface area (Å²) in [6.07, 6.45) is 2.75. The van der Waals surface area contributed by atoms with Crippen molar-refractivity contribution >= 4 is 5.95 Å². The Kier molecular flexibility index (Phi) is 5.08. The maximum atomic E-state index is 5.52. The maximum Gasteiger partial charge on any atom is 0.323 e. The Bertz CT molecular complexity index is 581. The predicted octanol–water partition coefficient (Wildman–Crippen LogP) is 2.40. The molecule has 0 amide bonds. The molecule has 21 heavy (non-hydrogen) atoms. The van der Waals surface area contributed by atoms with E-state index >= 15 is 0 Å². The van der Waals surface area contributed by atoms with E-state index in [1.807, 2.05) is 26.1 Å². The Balaban J connectivity index is 2.33. The highest BCUT2D eigenvalue weighted by molar-refractivity contribution is 5.30. The van der Waals surface area contributed by atoms with Crippen LogP contribution in [0.5, 0.6) is 6.01 Å². The van der Waals surface area contributed by atoms with Gasteiger partial charge in [-0.1, -0.05) is 20.8 Å². The fourth-order valence-electron chi connectivity index (χ4n) is 1.70. The molecule has 114 valence electrons. The third-order valence-electron chi connectivity index (χ3n) is 2.78. The van der Waals surface area contributed by atoms with E-state index in [0.717, 1.165) is 18.7 Å². The molecule has 2 rings (SSSR count). The summed E-state index contributed by atoms with van der Waals surface area (Å²) in [5.74, 6) is 1.31. The zero-order valence-electron chi connectivity index (χ0n) is 13.0. The molecule has 0 bridgehead atoms. The summed E-state index contributed by atoms with van der Waals surface area (Å²) in [6, 6.07) is 2.29. The van der Waals surface area contributed by atoms with Crippen molar-refractivity contribution in [2.75, 3.05) is 18.5 Å². The Morgan fingerprint density at radius 3 is 2.67 bits per heavy atom. The molecule has 2 heterocycles. The van der Waals surface area contributed by atoms with E-state index in [1.165, 1.54) is 0 Å². The van der Waals surface area contributed by atoms with Gasteiger partial charge < -0.3 is 10.1 Å². The van der Waals surface area contributed by atoms with Crippen LogP contribution in [0, 0.1) is 0 Å². The molecule has 0 aromatic carbocycles. The number of hydrogen-bond donors (Lipinski definition) is 1. The standard InChI is InChI=1S/C14H22N6O/c1-5-9-21-14-17-12(15-6-2)16-13(18-14)20-8-7-11(19-20)10(3)4/h7-8,10H,5-6,9H2,1-4H3,(H,15,16,17,18). The van der Waals surface area contributed by atoms with Gasteiger partial charge in [-0.3, -0.25) is 0 Å². The summed E-state index contributed by atoms with van der Waals surface area (Å²) in [5, 5.41) is 7.56. The quantitative estimate of drug-likeness (QED) is 0.843. The molecular weight excluding hydrogens is 268 g/mol. The second kappa shape index (κ2) is 7.01. The molecule has 0 fully saturated rings. The van der Waals surface area contributed by atoms with Crippen molar-refractivity contribution in [3.8, 4) is 12.0 Å². The Hall–Kier alpha value is -2.18. The third kappa shape index (κ3) is 3.90. The summed E-state index contributed by atoms with van der Waals surface area (Å²) < 4.78 is 7.16. The van der Waals surface area contributed by atoms with Crippen molar-refractivity contribution in [3.63, 3.8) is 0 Å². The molecule has 7 nitrogen and oxygen atoms in total. The van der Waals surface area contributed by atoms with Gasteiger partial charge in [-0.15, -0.1) is 0 Å². The van der Waals surface area contributed by atoms with E-state index in [9.17, 15) is 0 Å². The lowest BCUT2D eigenvalue weighted by atomic mass is 10.1. The fourth-order valence-corrected chi connectivity index (χ4v) is 1.70. The van der Waals surface area contributed by atoms with Crippen LogP contribution in [0.25, 0.3) is 5.95 Å². The SMILES string of the molecule is CCCOc1nc(NCC)nc(-n2ccc(C(C)C)n2)n1. The zero-order valence-corrected chi connectivity index (χ0v) is 13.0. The molecule has 2 aromatic heterocycles. The molecule has 0 spiro atoms. The van der Waals surface area contributed by atoms with Crippen LogP contribution in [-0.2, 0) is 0 Å². The molecule has 0 saturated heterocycles. The molecule has 0 aliphatic heterocycles. The number of ether oxygens (including phenoxy) is 1. The average Bonchev–Trinajstić information content (AvgIpc) is 2.95. The third-order valence-corrected chi connectivity index (χ3v) is 2.78. The first kappa shape index (κ1) is 15.2. The molecule has 0 aliphatic carbocycles. The van der Waals surface area contributed by atoms with Crippen molar-refractivity contribution < 1.29 is 4.74 Å². The molecule has 1 N–H and O–H groups in total. The lowest BCUT2D eigenvalue weighted by Crippen LogP contribution is -2.11. The van der Waals surface area contributed by atoms with Gasteiger partial charge in [-0.25, -0.2) is 4.68 Å². The molecule has 2 aromatic rings. The lowest BCUT2D eigenvalue weighted by Gasteiger charge is -2.08. The van der Waals surface area contributed by atoms with Gasteiger partial charge in [0.1, 0.15) is 0 Å². The van der Waals surface area contributed by atoms with E-state index in [2.05, 4.69) is 39.2 Å². The van der Waals surface area contributed by atoms with Crippen LogP contribution in [0.15, 0.2) is 12.3 Å². The molecule has 0 radical (unpaired) electrons. The van der Waals surface area contributed by atoms with Crippen LogP contribution in [0.2, 0.25) is 0 Å². The first-order valence-corrected chi connectivity index (χ1v) is 7.32. The predicted molar refractivity (Wildman–Crippen MR) is 81.0 cm³/mol. The van der Waals surface area contributed by atoms with Crippen molar-refractivity contribution in [2.24, 2.45) is 0 Å². The van der Waals surface area contributed by atoms with Gasteiger partial charge in [0.05, 0.1) is 12.3 Å². The first-order chi connectivity index (χ1) is 10.1. The largest absolute Gasteiger partial charge is 0.463 e. The molecule has 0 atom stereocenters. The summed E-state index contributed by atoms with van der Waals surface area (Å²) in [6.45, 7) is 9.52. The Morgan fingerprint density at radius 1 is 1.24 bits per heavy atom. The normalized spacial score (nSPS) is 10.9. The van der Waals surface area contributed by atoms with Crippen LogP contribution in [0.3, 0.4) is 0 Å². The molecule has 0 unspecified atom stereocenters. The van der Waals surface area contributed by atoms with Gasteiger partial charge >= 0.3 is 6.01 Å². The highest BCUT2D eigenvalue weighted by Gasteiger charge is 2.11. The van der Waals surface area contributed by atoms with Crippen molar-refractivity contribution in [3.05, 3.63) is 18.0 Å². The number of anilines is 1. The monoisotopic (exact) mass is 290 g/mol. The van der Waals surface area contributed by atoms with E-state index < -0.39 is 0 Å². The minimum Gasteiger partial charge on any atom is -0.463 e. The number of nitrogens with one attached hydrogen (secondary N) is 1. The van der Waals surface area contributed by atoms with Crippen LogP contribution in [-0.4, -0.2) is 37.9 Å². The molecule has 0 aliphatic rings. The van der Waals surface area contributed by atoms with Gasteiger partial charge in [-0.05, 0) is 25.3 Å². The van der Waals surface area contributed by atoms with Gasteiger partial charge in [0.15, 0.2) is 0 Å². The summed E-state index contributed by atoms with van der Waals surface area (Å²) >= 11 is 0. The highest BCUT2D eigenvalue weighted by atomic mass is 16.5. The first-order valence-electron chi connectivity index (χ1n) is 7.32. The van der Waals surface area contributed by atoms with E-state index in [4.69, 9.17) is 4.74 Å². The summed E-state index contributed by atoms with van der Waals surface area (Å²) in [5.41, 5.74) is 0.997. The van der Waals surface area contributed by atoms with E-state index in [1.54, 1.807) is 4.68 Å². The van der Waals surface area contributed by atoms with Crippen molar-refractivity contribution in [2.45, 2.75) is 40.0 Å². The molecular formula is C14H22N6O. The summed E-state index contributed by atoms with van der Waals surface area (Å²) in [7, 11) is 0. The van der Waals surface area contributed by atoms with Gasteiger partial charge in [0.2, 0.25) is 5.95 Å². The minimum atomic E-state index is 0.319. The highest BCUT2D eigenvalue weighted by Crippen LogP contribution is 2.15. The number of rotatable bonds is 7. The Morgan fingerprint density at radius 2 is 2.05 bits per heavy atom. The maximum absolute atomic E-state index is 5.52. The minimum absolute atomic E-state index is 0.319. The second-order valence-corrected chi connectivity index (χ2v) is 4.96. The molecule has 7 heteroatoms. The van der Waals surface area contributed by atoms with Crippen molar-refractivity contribution in [1.82, 2.24) is 24.7 Å². The fraction of sp³-hybridized carbons (Fsp3) is 0.571. The second-order valence-electron chi connectivity index (χ2n) is 4.96. The Labute approximate surface area is 124 Å². The van der Waals surface area contributed by atoms with Gasteiger partial charge in [0.25, 0.3) is 5.95 Å². The van der Waals surface area contributed by atoms with Crippen molar-refractivity contribution in [1.29, 1.82) is 0 Å². The number of hydrogen-bond acceptors (Lipinski definition) is 6. The number of nitrogens with zero attached hydrogens (tertiary/aromatic N) is 5. The van der Waals surface area contributed by atoms with Crippen LogP contribution in [0.4, 0.5) is 5.95 Å². The van der Waals surface area contributed by atoms with E-state index in [-0.39, 0.29) is 0 Å². The van der Waals surface area contributed by atoms with E-state index in [0.29, 0.717) is 30.4 Å². The van der Waals surface area contributed by atoms with Crippen LogP contribution in [0.1, 0.15) is 45.7 Å².